The van der Waals surface area contributed by atoms with Gasteiger partial charge in [0.1, 0.15) is 12.4 Å². The molecule has 1 atom stereocenters. The van der Waals surface area contributed by atoms with Gasteiger partial charge >= 0.3 is 6.09 Å². The number of halogens is 1. The van der Waals surface area contributed by atoms with Gasteiger partial charge in [-0.2, -0.15) is 0 Å². The van der Waals surface area contributed by atoms with E-state index >= 15 is 0 Å². The molecule has 0 saturated carbocycles. The third-order valence-corrected chi connectivity index (χ3v) is 4.29. The van der Waals surface area contributed by atoms with Crippen LogP contribution in [0.5, 0.6) is 5.75 Å². The predicted molar refractivity (Wildman–Crippen MR) is 87.1 cm³/mol. The summed E-state index contributed by atoms with van der Waals surface area (Å²) in [5.41, 5.74) is 2.02. The van der Waals surface area contributed by atoms with Crippen molar-refractivity contribution in [2.45, 2.75) is 19.0 Å². The van der Waals surface area contributed by atoms with E-state index in [9.17, 15) is 9.90 Å². The van der Waals surface area contributed by atoms with Crippen molar-refractivity contribution < 1.29 is 14.6 Å². The van der Waals surface area contributed by atoms with Crippen molar-refractivity contribution in [3.8, 4) is 5.75 Å². The summed E-state index contributed by atoms with van der Waals surface area (Å²) in [6.07, 6.45) is -0.250. The number of benzene rings is 2. The van der Waals surface area contributed by atoms with E-state index in [2.05, 4.69) is 15.9 Å². The van der Waals surface area contributed by atoms with Crippen molar-refractivity contribution in [2.24, 2.45) is 0 Å². The third kappa shape index (κ3) is 3.25. The summed E-state index contributed by atoms with van der Waals surface area (Å²) in [7, 11) is 0. The molecule has 1 amide bonds. The smallest absolute Gasteiger partial charge is 0.407 e. The molecule has 3 rings (SSSR count). The molecule has 1 unspecified atom stereocenters. The normalized spacial score (nSPS) is 16.5. The fraction of sp³-hybridized carbons (Fsp3) is 0.235. The molecule has 1 N–H and O–H groups in total. The van der Waals surface area contributed by atoms with Crippen molar-refractivity contribution >= 4 is 22.0 Å². The molecule has 0 saturated heterocycles. The monoisotopic (exact) mass is 361 g/mol. The van der Waals surface area contributed by atoms with Crippen LogP contribution in [-0.2, 0) is 13.0 Å². The molecule has 114 valence electrons. The van der Waals surface area contributed by atoms with E-state index < -0.39 is 6.09 Å². The molecule has 0 spiro atoms. The van der Waals surface area contributed by atoms with Crippen LogP contribution in [0.25, 0.3) is 0 Å². The summed E-state index contributed by atoms with van der Waals surface area (Å²) in [5.74, 6) is 0.829. The van der Waals surface area contributed by atoms with Crippen LogP contribution in [0, 0.1) is 0 Å². The van der Waals surface area contributed by atoms with Crippen molar-refractivity contribution in [1.29, 1.82) is 0 Å². The molecule has 22 heavy (non-hydrogen) atoms. The highest BCUT2D eigenvalue weighted by Crippen LogP contribution is 2.30. The quantitative estimate of drug-likeness (QED) is 0.900. The zero-order valence-electron chi connectivity index (χ0n) is 11.9. The van der Waals surface area contributed by atoms with Gasteiger partial charge in [0.05, 0.1) is 6.04 Å². The summed E-state index contributed by atoms with van der Waals surface area (Å²) in [4.78, 5) is 13.1. The Kier molecular flexibility index (Phi) is 4.34. The zero-order valence-corrected chi connectivity index (χ0v) is 13.5. The zero-order chi connectivity index (χ0) is 15.5. The number of hydrogen-bond acceptors (Lipinski definition) is 2. The third-order valence-electron chi connectivity index (χ3n) is 3.80. The number of hydrogen-bond donors (Lipinski definition) is 1. The first kappa shape index (κ1) is 14.9. The van der Waals surface area contributed by atoms with Gasteiger partial charge in [-0.15, -0.1) is 0 Å². The Morgan fingerprint density at radius 2 is 2.05 bits per heavy atom. The topological polar surface area (TPSA) is 49.8 Å². The van der Waals surface area contributed by atoms with Crippen LogP contribution in [-0.4, -0.2) is 28.7 Å². The van der Waals surface area contributed by atoms with Crippen LogP contribution in [0.4, 0.5) is 4.79 Å². The van der Waals surface area contributed by atoms with Gasteiger partial charge in [0.2, 0.25) is 0 Å². The van der Waals surface area contributed by atoms with Gasteiger partial charge < -0.3 is 9.84 Å². The number of carbonyl (C=O) groups is 1. The van der Waals surface area contributed by atoms with Crippen molar-refractivity contribution in [3.63, 3.8) is 0 Å². The van der Waals surface area contributed by atoms with Gasteiger partial charge in [-0.3, -0.25) is 4.90 Å². The molecular formula is C17H16BrNO3. The second kappa shape index (κ2) is 6.40. The number of nitrogens with zero attached hydrogens (tertiary/aromatic N) is 1. The Morgan fingerprint density at radius 1 is 1.27 bits per heavy atom. The lowest BCUT2D eigenvalue weighted by atomic mass is 10.0. The first-order valence-corrected chi connectivity index (χ1v) is 7.87. The molecule has 4 nitrogen and oxygen atoms in total. The molecule has 0 radical (unpaired) electrons. The standard InChI is InChI=1S/C17H16BrNO3/c18-14-7-6-13-8-15(11-22-16(13)9-14)19(17(20)21)10-12-4-2-1-3-5-12/h1-7,9,15H,8,10-11H2,(H,20,21). The maximum absolute atomic E-state index is 11.6. The van der Waals surface area contributed by atoms with E-state index in [1.807, 2.05) is 48.5 Å². The molecule has 0 aliphatic carbocycles. The summed E-state index contributed by atoms with van der Waals surface area (Å²) in [5, 5.41) is 9.54. The van der Waals surface area contributed by atoms with E-state index in [4.69, 9.17) is 4.74 Å². The van der Waals surface area contributed by atoms with Crippen molar-refractivity contribution in [1.82, 2.24) is 4.90 Å². The molecule has 2 aromatic carbocycles. The van der Waals surface area contributed by atoms with Gasteiger partial charge in [0.15, 0.2) is 0 Å². The second-order valence-electron chi connectivity index (χ2n) is 5.32. The first-order chi connectivity index (χ1) is 10.6. The number of fused-ring (bicyclic) bond motifs is 1. The van der Waals surface area contributed by atoms with E-state index in [1.54, 1.807) is 0 Å². The Balaban J connectivity index is 1.79. The van der Waals surface area contributed by atoms with Gasteiger partial charge in [0, 0.05) is 11.0 Å². The maximum atomic E-state index is 11.6. The Hall–Kier alpha value is -2.01. The first-order valence-electron chi connectivity index (χ1n) is 7.08. The SMILES string of the molecule is O=C(O)N(Cc1ccccc1)C1COc2cc(Br)ccc2C1. The van der Waals surface area contributed by atoms with Gasteiger partial charge in [-0.1, -0.05) is 52.3 Å². The fourth-order valence-electron chi connectivity index (χ4n) is 2.66. The minimum atomic E-state index is -0.919. The Morgan fingerprint density at radius 3 is 2.77 bits per heavy atom. The molecule has 1 heterocycles. The minimum Gasteiger partial charge on any atom is -0.491 e. The van der Waals surface area contributed by atoms with Gasteiger partial charge in [-0.05, 0) is 29.7 Å². The molecule has 0 fully saturated rings. The summed E-state index contributed by atoms with van der Waals surface area (Å²) < 4.78 is 6.71. The second-order valence-corrected chi connectivity index (χ2v) is 6.23. The van der Waals surface area contributed by atoms with Gasteiger partial charge in [0.25, 0.3) is 0 Å². The van der Waals surface area contributed by atoms with Crippen LogP contribution in [0.1, 0.15) is 11.1 Å². The Bertz CT molecular complexity index is 675. The lowest BCUT2D eigenvalue weighted by Gasteiger charge is -2.33. The predicted octanol–water partition coefficient (Wildman–Crippen LogP) is 3.93. The minimum absolute atomic E-state index is 0.175. The van der Waals surface area contributed by atoms with Crippen LogP contribution in [0.15, 0.2) is 53.0 Å². The lowest BCUT2D eigenvalue weighted by molar-refractivity contribution is 0.0916. The van der Waals surface area contributed by atoms with Gasteiger partial charge in [-0.25, -0.2) is 4.79 Å². The highest BCUT2D eigenvalue weighted by molar-refractivity contribution is 9.10. The largest absolute Gasteiger partial charge is 0.491 e. The average molecular weight is 362 g/mol. The van der Waals surface area contributed by atoms with Crippen LogP contribution in [0.2, 0.25) is 0 Å². The van der Waals surface area contributed by atoms with Crippen molar-refractivity contribution in [3.05, 3.63) is 64.1 Å². The van der Waals surface area contributed by atoms with E-state index in [1.165, 1.54) is 4.90 Å². The summed E-state index contributed by atoms with van der Waals surface area (Å²) in [6.45, 7) is 0.749. The Labute approximate surface area is 137 Å². The van der Waals surface area contributed by atoms with Crippen LogP contribution < -0.4 is 4.74 Å². The van der Waals surface area contributed by atoms with E-state index in [-0.39, 0.29) is 6.04 Å². The molecular weight excluding hydrogens is 346 g/mol. The van der Waals surface area contributed by atoms with E-state index in [0.717, 1.165) is 21.3 Å². The molecule has 2 aromatic rings. The van der Waals surface area contributed by atoms with Crippen LogP contribution in [0.3, 0.4) is 0 Å². The maximum Gasteiger partial charge on any atom is 0.407 e. The molecule has 5 heteroatoms. The highest BCUT2D eigenvalue weighted by atomic mass is 79.9. The fourth-order valence-corrected chi connectivity index (χ4v) is 3.00. The average Bonchev–Trinajstić information content (AvgIpc) is 2.53. The summed E-state index contributed by atoms with van der Waals surface area (Å²) in [6, 6.07) is 15.3. The molecule has 0 aromatic heterocycles. The summed E-state index contributed by atoms with van der Waals surface area (Å²) >= 11 is 3.42. The number of rotatable bonds is 3. The van der Waals surface area contributed by atoms with Crippen molar-refractivity contribution in [2.75, 3.05) is 6.61 Å². The van der Waals surface area contributed by atoms with Crippen LogP contribution >= 0.6 is 15.9 Å². The molecule has 1 aliphatic heterocycles. The van der Waals surface area contributed by atoms with E-state index in [0.29, 0.717) is 19.6 Å². The highest BCUT2D eigenvalue weighted by Gasteiger charge is 2.28. The molecule has 0 bridgehead atoms. The number of carboxylic acid groups (broad SMARTS) is 1. The number of amides is 1. The molecule has 1 aliphatic rings. The number of ether oxygens (including phenoxy) is 1. The lowest BCUT2D eigenvalue weighted by Crippen LogP contribution is -2.45.